The summed E-state index contributed by atoms with van der Waals surface area (Å²) in [5.41, 5.74) is 5.86. The molecular formula is C21H24BrClN2O4. The molecule has 0 radical (unpaired) electrons. The summed E-state index contributed by atoms with van der Waals surface area (Å²) in [4.78, 5) is 24.5. The second-order valence-corrected chi connectivity index (χ2v) is 8.22. The lowest BCUT2D eigenvalue weighted by atomic mass is 10.1. The predicted octanol–water partition coefficient (Wildman–Crippen LogP) is 4.68. The zero-order chi connectivity index (χ0) is 21.4. The zero-order valence-corrected chi connectivity index (χ0v) is 18.9. The van der Waals surface area contributed by atoms with E-state index in [0.29, 0.717) is 34.6 Å². The SMILES string of the molecule is Cc1cc(Cl)ccc1OCC(=O)NNC(=O)c1cc(Br)ccc1OCCC(C)C. The average Bonchev–Trinajstić information content (AvgIpc) is 2.66. The molecule has 2 N–H and O–H groups in total. The number of aryl methyl sites for hydroxylation is 1. The molecule has 6 nitrogen and oxygen atoms in total. The minimum atomic E-state index is -0.495. The molecule has 0 fully saturated rings. The fraction of sp³-hybridized carbons (Fsp3) is 0.333. The maximum absolute atomic E-state index is 12.5. The lowest BCUT2D eigenvalue weighted by Gasteiger charge is -2.14. The summed E-state index contributed by atoms with van der Waals surface area (Å²) >= 11 is 9.24. The van der Waals surface area contributed by atoms with Crippen LogP contribution in [0.4, 0.5) is 0 Å². The molecule has 0 aliphatic heterocycles. The summed E-state index contributed by atoms with van der Waals surface area (Å²) in [6, 6.07) is 10.3. The second-order valence-electron chi connectivity index (χ2n) is 6.87. The van der Waals surface area contributed by atoms with Crippen molar-refractivity contribution in [2.75, 3.05) is 13.2 Å². The molecule has 0 aliphatic rings. The average molecular weight is 484 g/mol. The molecule has 0 atom stereocenters. The van der Waals surface area contributed by atoms with Gasteiger partial charge in [-0.05, 0) is 61.2 Å². The number of hydrogen-bond acceptors (Lipinski definition) is 4. The highest BCUT2D eigenvalue weighted by molar-refractivity contribution is 9.10. The predicted molar refractivity (Wildman–Crippen MR) is 116 cm³/mol. The third-order valence-corrected chi connectivity index (χ3v) is 4.68. The number of rotatable bonds is 8. The Morgan fingerprint density at radius 3 is 2.48 bits per heavy atom. The van der Waals surface area contributed by atoms with Gasteiger partial charge >= 0.3 is 0 Å². The normalized spacial score (nSPS) is 10.6. The topological polar surface area (TPSA) is 76.7 Å². The van der Waals surface area contributed by atoms with Crippen molar-refractivity contribution < 1.29 is 19.1 Å². The van der Waals surface area contributed by atoms with E-state index in [-0.39, 0.29) is 6.61 Å². The third-order valence-electron chi connectivity index (χ3n) is 3.95. The minimum Gasteiger partial charge on any atom is -0.493 e. The monoisotopic (exact) mass is 482 g/mol. The Labute approximate surface area is 184 Å². The van der Waals surface area contributed by atoms with Crippen LogP contribution in [-0.2, 0) is 4.79 Å². The van der Waals surface area contributed by atoms with Gasteiger partial charge in [0.1, 0.15) is 11.5 Å². The van der Waals surface area contributed by atoms with Gasteiger partial charge in [-0.15, -0.1) is 0 Å². The number of hydrazine groups is 1. The summed E-state index contributed by atoms with van der Waals surface area (Å²) in [6.07, 6.45) is 0.870. The Morgan fingerprint density at radius 2 is 1.79 bits per heavy atom. The Kier molecular flexibility index (Phi) is 8.79. The van der Waals surface area contributed by atoms with Gasteiger partial charge in [-0.2, -0.15) is 0 Å². The Balaban J connectivity index is 1.90. The maximum Gasteiger partial charge on any atom is 0.276 e. The van der Waals surface area contributed by atoms with Crippen LogP contribution in [-0.4, -0.2) is 25.0 Å². The van der Waals surface area contributed by atoms with Crippen LogP contribution < -0.4 is 20.3 Å². The third kappa shape index (κ3) is 7.59. The van der Waals surface area contributed by atoms with E-state index in [9.17, 15) is 9.59 Å². The summed E-state index contributed by atoms with van der Waals surface area (Å²) in [6.45, 7) is 6.28. The van der Waals surface area contributed by atoms with Crippen molar-refractivity contribution >= 4 is 39.3 Å². The van der Waals surface area contributed by atoms with E-state index in [1.807, 2.05) is 6.92 Å². The minimum absolute atomic E-state index is 0.251. The van der Waals surface area contributed by atoms with Crippen molar-refractivity contribution in [3.63, 3.8) is 0 Å². The highest BCUT2D eigenvalue weighted by Gasteiger charge is 2.15. The molecule has 0 bridgehead atoms. The standard InChI is InChI=1S/C21H24BrClN2O4/c1-13(2)8-9-28-19-6-4-15(22)11-17(19)21(27)25-24-20(26)12-29-18-7-5-16(23)10-14(18)3/h4-7,10-11,13H,8-9,12H2,1-3H3,(H,24,26)(H,25,27). The number of nitrogens with one attached hydrogen (secondary N) is 2. The first-order chi connectivity index (χ1) is 13.8. The van der Waals surface area contributed by atoms with Crippen molar-refractivity contribution in [3.05, 3.63) is 57.0 Å². The van der Waals surface area contributed by atoms with Crippen molar-refractivity contribution in [3.8, 4) is 11.5 Å². The molecule has 2 aromatic rings. The van der Waals surface area contributed by atoms with Crippen molar-refractivity contribution in [2.45, 2.75) is 27.2 Å². The number of carbonyl (C=O) groups excluding carboxylic acids is 2. The van der Waals surface area contributed by atoms with Crippen LogP contribution in [0.15, 0.2) is 40.9 Å². The molecule has 29 heavy (non-hydrogen) atoms. The first kappa shape index (κ1) is 23.0. The van der Waals surface area contributed by atoms with Gasteiger partial charge in [-0.3, -0.25) is 20.4 Å². The van der Waals surface area contributed by atoms with Crippen LogP contribution in [0.25, 0.3) is 0 Å². The van der Waals surface area contributed by atoms with Crippen LogP contribution in [0.1, 0.15) is 36.2 Å². The molecule has 0 heterocycles. The molecule has 0 saturated carbocycles. The van der Waals surface area contributed by atoms with E-state index in [0.717, 1.165) is 16.5 Å². The molecule has 0 saturated heterocycles. The number of halogens is 2. The molecule has 156 valence electrons. The fourth-order valence-electron chi connectivity index (χ4n) is 2.36. The smallest absolute Gasteiger partial charge is 0.276 e. The lowest BCUT2D eigenvalue weighted by Crippen LogP contribution is -2.44. The van der Waals surface area contributed by atoms with E-state index in [2.05, 4.69) is 40.6 Å². The van der Waals surface area contributed by atoms with Crippen LogP contribution in [0, 0.1) is 12.8 Å². The van der Waals surface area contributed by atoms with Gasteiger partial charge in [0.25, 0.3) is 11.8 Å². The van der Waals surface area contributed by atoms with E-state index in [1.165, 1.54) is 0 Å². The molecule has 0 aromatic heterocycles. The van der Waals surface area contributed by atoms with E-state index in [4.69, 9.17) is 21.1 Å². The van der Waals surface area contributed by atoms with Crippen molar-refractivity contribution in [2.24, 2.45) is 5.92 Å². The highest BCUT2D eigenvalue weighted by Crippen LogP contribution is 2.24. The molecule has 0 unspecified atom stereocenters. The molecule has 0 aliphatic carbocycles. The Hall–Kier alpha value is -2.25. The first-order valence-corrected chi connectivity index (χ1v) is 10.3. The summed E-state index contributed by atoms with van der Waals surface area (Å²) in [5, 5.41) is 0.590. The van der Waals surface area contributed by atoms with Crippen LogP contribution >= 0.6 is 27.5 Å². The highest BCUT2D eigenvalue weighted by atomic mass is 79.9. The Bertz CT molecular complexity index is 874. The lowest BCUT2D eigenvalue weighted by molar-refractivity contribution is -0.123. The number of carbonyl (C=O) groups is 2. The quantitative estimate of drug-likeness (QED) is 0.535. The number of benzene rings is 2. The fourth-order valence-corrected chi connectivity index (χ4v) is 2.95. The molecular weight excluding hydrogens is 460 g/mol. The van der Waals surface area contributed by atoms with Gasteiger partial charge in [0.2, 0.25) is 0 Å². The molecule has 8 heteroatoms. The molecule has 2 aromatic carbocycles. The summed E-state index contributed by atoms with van der Waals surface area (Å²) in [5.74, 6) is 0.510. The maximum atomic E-state index is 12.5. The van der Waals surface area contributed by atoms with E-state index >= 15 is 0 Å². The van der Waals surface area contributed by atoms with Crippen molar-refractivity contribution in [1.29, 1.82) is 0 Å². The van der Waals surface area contributed by atoms with Crippen LogP contribution in [0.2, 0.25) is 5.02 Å². The van der Waals surface area contributed by atoms with E-state index in [1.54, 1.807) is 36.4 Å². The van der Waals surface area contributed by atoms with E-state index < -0.39 is 11.8 Å². The second kappa shape index (κ2) is 11.1. The Morgan fingerprint density at radius 1 is 1.07 bits per heavy atom. The molecule has 0 spiro atoms. The largest absolute Gasteiger partial charge is 0.493 e. The van der Waals surface area contributed by atoms with Crippen molar-refractivity contribution in [1.82, 2.24) is 10.9 Å². The molecule has 2 amide bonds. The van der Waals surface area contributed by atoms with Crippen LogP contribution in [0.3, 0.4) is 0 Å². The van der Waals surface area contributed by atoms with Gasteiger partial charge in [0.15, 0.2) is 6.61 Å². The number of amides is 2. The molecule has 2 rings (SSSR count). The van der Waals surface area contributed by atoms with Crippen LogP contribution in [0.5, 0.6) is 11.5 Å². The van der Waals surface area contributed by atoms with Gasteiger partial charge in [-0.1, -0.05) is 41.4 Å². The summed E-state index contributed by atoms with van der Waals surface area (Å²) in [7, 11) is 0. The number of hydrogen-bond donors (Lipinski definition) is 2. The van der Waals surface area contributed by atoms with Gasteiger partial charge < -0.3 is 9.47 Å². The zero-order valence-electron chi connectivity index (χ0n) is 16.6. The van der Waals surface area contributed by atoms with Gasteiger partial charge in [0.05, 0.1) is 12.2 Å². The van der Waals surface area contributed by atoms with Gasteiger partial charge in [0, 0.05) is 9.50 Å². The van der Waals surface area contributed by atoms with Gasteiger partial charge in [-0.25, -0.2) is 0 Å². The number of ether oxygens (including phenoxy) is 2. The summed E-state index contributed by atoms with van der Waals surface area (Å²) < 4.78 is 11.9. The first-order valence-electron chi connectivity index (χ1n) is 9.16.